The van der Waals surface area contributed by atoms with Crippen LogP contribution in [0.25, 0.3) is 17.2 Å². The normalized spacial score (nSPS) is 14.9. The number of amides is 2. The van der Waals surface area contributed by atoms with Crippen LogP contribution < -0.4 is 15.0 Å². The molecule has 1 heterocycles. The Bertz CT molecular complexity index is 1580. The van der Waals surface area contributed by atoms with Crippen LogP contribution in [0.15, 0.2) is 109 Å². The van der Waals surface area contributed by atoms with Gasteiger partial charge in [0.2, 0.25) is 0 Å². The van der Waals surface area contributed by atoms with Crippen LogP contribution in [-0.4, -0.2) is 16.9 Å². The van der Waals surface area contributed by atoms with Gasteiger partial charge in [-0.2, -0.15) is 13.2 Å². The fourth-order valence-electron chi connectivity index (χ4n) is 4.01. The predicted molar refractivity (Wildman–Crippen MR) is 146 cm³/mol. The van der Waals surface area contributed by atoms with Gasteiger partial charge in [-0.05, 0) is 89.6 Å². The van der Waals surface area contributed by atoms with Crippen LogP contribution in [0.5, 0.6) is 11.5 Å². The molecule has 39 heavy (non-hydrogen) atoms. The molecule has 5 nitrogen and oxygen atoms in total. The van der Waals surface area contributed by atoms with Crippen molar-refractivity contribution in [3.8, 4) is 22.6 Å². The van der Waals surface area contributed by atoms with E-state index in [1.54, 1.807) is 48.5 Å². The first-order valence-corrected chi connectivity index (χ1v) is 12.1. The molecular formula is C30H19F3N2O3S. The van der Waals surface area contributed by atoms with Crippen molar-refractivity contribution < 1.29 is 27.5 Å². The number of carbonyl (C=O) groups is 2. The number of nitrogens with one attached hydrogen (secondary N) is 1. The third kappa shape index (κ3) is 5.73. The maximum atomic E-state index is 13.4. The molecule has 1 aliphatic heterocycles. The number of benzene rings is 4. The van der Waals surface area contributed by atoms with E-state index in [0.717, 1.165) is 12.1 Å². The smallest absolute Gasteiger partial charge is 0.416 e. The van der Waals surface area contributed by atoms with Gasteiger partial charge >= 0.3 is 6.18 Å². The van der Waals surface area contributed by atoms with Crippen LogP contribution in [0.4, 0.5) is 18.9 Å². The molecule has 1 saturated heterocycles. The second kappa shape index (κ2) is 10.5. The number of nitrogens with zero attached hydrogens (tertiary/aromatic N) is 1. The van der Waals surface area contributed by atoms with Gasteiger partial charge in [0.1, 0.15) is 17.1 Å². The van der Waals surface area contributed by atoms with Gasteiger partial charge in [0, 0.05) is 0 Å². The standard InChI is InChI=1S/C30H19F3N2O3S/c31-30(32,33)22-11-9-20(10-12-22)21-6-4-5-19(17-21)18-26-27(36)34-29(39)35(28(26)37)23-13-15-25(16-14-23)38-24-7-2-1-3-8-24/h1-18H,(H,34,36,39)/b26-18+. The first kappa shape index (κ1) is 25.9. The van der Waals surface area contributed by atoms with Gasteiger partial charge in [-0.25, -0.2) is 0 Å². The summed E-state index contributed by atoms with van der Waals surface area (Å²) < 4.78 is 44.5. The molecule has 0 aromatic heterocycles. The summed E-state index contributed by atoms with van der Waals surface area (Å²) in [6.45, 7) is 0. The lowest BCUT2D eigenvalue weighted by Gasteiger charge is -2.29. The topological polar surface area (TPSA) is 58.6 Å². The van der Waals surface area contributed by atoms with E-state index in [0.29, 0.717) is 33.9 Å². The quantitative estimate of drug-likeness (QED) is 0.167. The summed E-state index contributed by atoms with van der Waals surface area (Å²) in [6, 6.07) is 27.5. The highest BCUT2D eigenvalue weighted by Crippen LogP contribution is 2.32. The molecule has 0 bridgehead atoms. The molecule has 0 spiro atoms. The highest BCUT2D eigenvalue weighted by Gasteiger charge is 2.34. The van der Waals surface area contributed by atoms with E-state index >= 15 is 0 Å². The minimum atomic E-state index is -4.43. The van der Waals surface area contributed by atoms with E-state index in [-0.39, 0.29) is 10.7 Å². The van der Waals surface area contributed by atoms with Gasteiger partial charge in [-0.15, -0.1) is 0 Å². The molecule has 4 aromatic rings. The fraction of sp³-hybridized carbons (Fsp3) is 0.0333. The highest BCUT2D eigenvalue weighted by molar-refractivity contribution is 7.80. The average molecular weight is 545 g/mol. The Hall–Kier alpha value is -4.76. The molecule has 0 unspecified atom stereocenters. The van der Waals surface area contributed by atoms with Crippen LogP contribution in [0.2, 0.25) is 0 Å². The van der Waals surface area contributed by atoms with Crippen molar-refractivity contribution in [2.24, 2.45) is 0 Å². The Labute approximate surface area is 227 Å². The van der Waals surface area contributed by atoms with Gasteiger partial charge in [-0.1, -0.05) is 48.5 Å². The van der Waals surface area contributed by atoms with Crippen LogP contribution in [0, 0.1) is 0 Å². The summed E-state index contributed by atoms with van der Waals surface area (Å²) in [5, 5.41) is 2.48. The van der Waals surface area contributed by atoms with E-state index in [1.165, 1.54) is 23.1 Å². The Morgan fingerprint density at radius 1 is 0.769 bits per heavy atom. The summed E-state index contributed by atoms with van der Waals surface area (Å²) in [4.78, 5) is 27.3. The van der Waals surface area contributed by atoms with Crippen LogP contribution in [-0.2, 0) is 15.8 Å². The number of thiocarbonyl (C=S) groups is 1. The van der Waals surface area contributed by atoms with E-state index in [1.807, 2.05) is 30.3 Å². The zero-order valence-corrected chi connectivity index (χ0v) is 20.9. The number of carbonyl (C=O) groups excluding carboxylic acids is 2. The first-order valence-electron chi connectivity index (χ1n) is 11.7. The fourth-order valence-corrected chi connectivity index (χ4v) is 4.29. The molecule has 2 amide bonds. The second-order valence-electron chi connectivity index (χ2n) is 8.57. The van der Waals surface area contributed by atoms with Gasteiger partial charge < -0.3 is 4.74 Å². The number of hydrogen-bond donors (Lipinski definition) is 1. The molecule has 1 aliphatic rings. The zero-order valence-electron chi connectivity index (χ0n) is 20.1. The predicted octanol–water partition coefficient (Wildman–Crippen LogP) is 7.00. The number of para-hydroxylation sites is 1. The Kier molecular flexibility index (Phi) is 7.00. The molecule has 4 aromatic carbocycles. The van der Waals surface area contributed by atoms with Gasteiger partial charge in [-0.3, -0.25) is 19.8 Å². The third-order valence-corrected chi connectivity index (χ3v) is 6.20. The summed E-state index contributed by atoms with van der Waals surface area (Å²) in [5.41, 5.74) is 1.26. The first-order chi connectivity index (χ1) is 18.7. The number of hydrogen-bond acceptors (Lipinski definition) is 4. The van der Waals surface area contributed by atoms with Gasteiger partial charge in [0.25, 0.3) is 11.8 Å². The van der Waals surface area contributed by atoms with Crippen molar-refractivity contribution >= 4 is 40.9 Å². The SMILES string of the molecule is O=C1NC(=S)N(c2ccc(Oc3ccccc3)cc2)C(=O)/C1=C/c1cccc(-c2ccc(C(F)(F)F)cc2)c1. The molecule has 0 radical (unpaired) electrons. The molecule has 0 aliphatic carbocycles. The lowest BCUT2D eigenvalue weighted by Crippen LogP contribution is -2.54. The lowest BCUT2D eigenvalue weighted by molar-refractivity contribution is -0.137. The molecule has 194 valence electrons. The maximum absolute atomic E-state index is 13.4. The van der Waals surface area contributed by atoms with Crippen molar-refractivity contribution in [3.63, 3.8) is 0 Å². The van der Waals surface area contributed by atoms with Crippen molar-refractivity contribution in [2.45, 2.75) is 6.18 Å². The molecule has 1 N–H and O–H groups in total. The number of ether oxygens (including phenoxy) is 1. The van der Waals surface area contributed by atoms with Crippen molar-refractivity contribution in [2.75, 3.05) is 4.90 Å². The highest BCUT2D eigenvalue weighted by atomic mass is 32.1. The zero-order chi connectivity index (χ0) is 27.6. The molecule has 1 fully saturated rings. The molecule has 0 saturated carbocycles. The largest absolute Gasteiger partial charge is 0.457 e. The van der Waals surface area contributed by atoms with Crippen LogP contribution in [0.1, 0.15) is 11.1 Å². The molecular weight excluding hydrogens is 525 g/mol. The summed E-state index contributed by atoms with van der Waals surface area (Å²) >= 11 is 5.27. The summed E-state index contributed by atoms with van der Waals surface area (Å²) in [6.07, 6.45) is -3.01. The Morgan fingerprint density at radius 3 is 2.10 bits per heavy atom. The second-order valence-corrected chi connectivity index (χ2v) is 8.95. The molecule has 5 rings (SSSR count). The van der Waals surface area contributed by atoms with Crippen LogP contribution >= 0.6 is 12.2 Å². The lowest BCUT2D eigenvalue weighted by atomic mass is 10.00. The van der Waals surface area contributed by atoms with Gasteiger partial charge in [0.15, 0.2) is 5.11 Å². The van der Waals surface area contributed by atoms with Crippen molar-refractivity contribution in [3.05, 3.63) is 120 Å². The monoisotopic (exact) mass is 544 g/mol. The minimum absolute atomic E-state index is 0.0580. The van der Waals surface area contributed by atoms with E-state index in [4.69, 9.17) is 17.0 Å². The Balaban J connectivity index is 1.39. The number of anilines is 1. The maximum Gasteiger partial charge on any atom is 0.416 e. The van der Waals surface area contributed by atoms with E-state index in [9.17, 15) is 22.8 Å². The summed E-state index contributed by atoms with van der Waals surface area (Å²) in [5.74, 6) is -0.0448. The number of halogens is 3. The Morgan fingerprint density at radius 2 is 1.44 bits per heavy atom. The van der Waals surface area contributed by atoms with Crippen molar-refractivity contribution in [1.82, 2.24) is 5.32 Å². The minimum Gasteiger partial charge on any atom is -0.457 e. The summed E-state index contributed by atoms with van der Waals surface area (Å²) in [7, 11) is 0. The number of alkyl halides is 3. The number of rotatable bonds is 5. The average Bonchev–Trinajstić information content (AvgIpc) is 2.92. The molecule has 9 heteroatoms. The van der Waals surface area contributed by atoms with Gasteiger partial charge in [0.05, 0.1) is 11.3 Å². The van der Waals surface area contributed by atoms with E-state index in [2.05, 4.69) is 5.32 Å². The molecule has 0 atom stereocenters. The van der Waals surface area contributed by atoms with E-state index < -0.39 is 23.6 Å². The third-order valence-electron chi connectivity index (χ3n) is 5.92. The van der Waals surface area contributed by atoms with Crippen LogP contribution in [0.3, 0.4) is 0 Å². The van der Waals surface area contributed by atoms with Crippen molar-refractivity contribution in [1.29, 1.82) is 0 Å².